The third kappa shape index (κ3) is 6.32. The molecule has 2 amide bonds. The summed E-state index contributed by atoms with van der Waals surface area (Å²) in [6.07, 6.45) is -4.49. The summed E-state index contributed by atoms with van der Waals surface area (Å²) in [6, 6.07) is -1.77. The Morgan fingerprint density at radius 1 is 1.23 bits per heavy atom. The molecule has 0 radical (unpaired) electrons. The fourth-order valence-corrected chi connectivity index (χ4v) is 5.96. The van der Waals surface area contributed by atoms with Crippen LogP contribution in [0.15, 0.2) is 12.3 Å². The van der Waals surface area contributed by atoms with Crippen LogP contribution in [0.1, 0.15) is 84.7 Å². The van der Waals surface area contributed by atoms with Gasteiger partial charge >= 0.3 is 6.18 Å². The van der Waals surface area contributed by atoms with E-state index in [1.807, 2.05) is 6.92 Å². The highest BCUT2D eigenvalue weighted by Gasteiger charge is 2.39. The molecule has 0 unspecified atom stereocenters. The molecule has 2 aromatic rings. The number of aliphatic hydroxyl groups is 1. The van der Waals surface area contributed by atoms with Crippen LogP contribution in [0, 0.1) is 0 Å². The Morgan fingerprint density at radius 2 is 1.97 bits per heavy atom. The zero-order valence-electron chi connectivity index (χ0n) is 21.4. The van der Waals surface area contributed by atoms with E-state index in [1.165, 1.54) is 6.92 Å². The molecule has 1 aliphatic carbocycles. The number of likely N-dealkylation sites (tertiary alicyclic amines) is 1. The number of anilines is 1. The molecule has 1 saturated heterocycles. The lowest BCUT2D eigenvalue weighted by atomic mass is 10.1. The molecule has 1 aliphatic heterocycles. The van der Waals surface area contributed by atoms with Crippen LogP contribution in [0.25, 0.3) is 10.4 Å². The normalized spacial score (nSPS) is 22.4. The second kappa shape index (κ2) is 11.7. The molecule has 3 N–H and O–H groups in total. The van der Waals surface area contributed by atoms with Crippen LogP contribution in [-0.4, -0.2) is 68.7 Å². The lowest BCUT2D eigenvalue weighted by molar-refractivity contribution is -0.142. The first-order valence-corrected chi connectivity index (χ1v) is 13.6. The maximum Gasteiger partial charge on any atom is 0.408 e. The van der Waals surface area contributed by atoms with Crippen LogP contribution in [0.2, 0.25) is 0 Å². The Hall–Kier alpha value is -2.87. The van der Waals surface area contributed by atoms with E-state index in [9.17, 15) is 36.6 Å². The molecule has 4 atom stereocenters. The molecule has 2 aromatic heterocycles. The van der Waals surface area contributed by atoms with Crippen molar-refractivity contribution in [3.8, 4) is 10.4 Å². The number of aliphatic hydroxyl groups excluding tert-OH is 1. The predicted molar refractivity (Wildman–Crippen MR) is 135 cm³/mol. The summed E-state index contributed by atoms with van der Waals surface area (Å²) in [7, 11) is 0. The summed E-state index contributed by atoms with van der Waals surface area (Å²) in [5.74, 6) is -1.57. The molecule has 14 heteroatoms. The molecule has 2 aliphatic rings. The van der Waals surface area contributed by atoms with Crippen LogP contribution < -0.4 is 10.6 Å². The van der Waals surface area contributed by atoms with Crippen molar-refractivity contribution < 1.29 is 36.6 Å². The summed E-state index contributed by atoms with van der Waals surface area (Å²) >= 11 is 0.728. The average molecular weight is 576 g/mol. The number of alkyl halides is 5. The Labute approximate surface area is 226 Å². The van der Waals surface area contributed by atoms with Crippen molar-refractivity contribution in [1.29, 1.82) is 0 Å². The van der Waals surface area contributed by atoms with Gasteiger partial charge in [0.15, 0.2) is 5.01 Å². The lowest BCUT2D eigenvalue weighted by Crippen LogP contribution is -2.40. The number of rotatable bonds is 8. The maximum absolute atomic E-state index is 14.2. The number of carbonyl (C=O) groups excluding carboxylic acids is 2. The molecule has 1 saturated carbocycles. The van der Waals surface area contributed by atoms with Crippen LogP contribution in [-0.2, 0) is 0 Å². The number of hydrogen-bond donors (Lipinski definition) is 3. The number of nitrogens with one attached hydrogen (secondary N) is 2. The van der Waals surface area contributed by atoms with Gasteiger partial charge in [0.1, 0.15) is 17.6 Å². The molecule has 3 heterocycles. The minimum atomic E-state index is -4.61. The molecule has 4 rings (SSSR count). The monoisotopic (exact) mass is 575 g/mol. The highest BCUT2D eigenvalue weighted by Crippen LogP contribution is 2.39. The highest BCUT2D eigenvalue weighted by atomic mass is 32.1. The van der Waals surface area contributed by atoms with Crippen molar-refractivity contribution in [2.45, 2.75) is 89.2 Å². The van der Waals surface area contributed by atoms with E-state index >= 15 is 0 Å². The van der Waals surface area contributed by atoms with E-state index in [1.54, 1.807) is 4.90 Å². The minimum Gasteiger partial charge on any atom is -0.391 e. The van der Waals surface area contributed by atoms with Crippen molar-refractivity contribution in [2.75, 3.05) is 11.9 Å². The second-order valence-corrected chi connectivity index (χ2v) is 10.9. The van der Waals surface area contributed by atoms with Crippen molar-refractivity contribution >= 4 is 29.0 Å². The smallest absolute Gasteiger partial charge is 0.391 e. The molecular weight excluding hydrogens is 545 g/mol. The molecule has 8 nitrogen and oxygen atoms in total. The molecule has 0 spiro atoms. The van der Waals surface area contributed by atoms with Crippen molar-refractivity contribution in [1.82, 2.24) is 20.2 Å². The summed E-state index contributed by atoms with van der Waals surface area (Å²) in [6.45, 7) is 3.59. The van der Waals surface area contributed by atoms with Crippen LogP contribution in [0.5, 0.6) is 0 Å². The van der Waals surface area contributed by atoms with E-state index < -0.39 is 54.0 Å². The molecule has 2 fully saturated rings. The Bertz CT molecular complexity index is 1210. The molecule has 0 bridgehead atoms. The first-order valence-electron chi connectivity index (χ1n) is 12.8. The molecule has 0 aromatic carbocycles. The lowest BCUT2D eigenvalue weighted by Gasteiger charge is -2.22. The van der Waals surface area contributed by atoms with Gasteiger partial charge in [-0.2, -0.15) is 13.2 Å². The second-order valence-electron chi connectivity index (χ2n) is 9.87. The van der Waals surface area contributed by atoms with Crippen LogP contribution in [0.4, 0.5) is 27.8 Å². The van der Waals surface area contributed by atoms with Gasteiger partial charge in [0.05, 0.1) is 17.0 Å². The predicted octanol–water partition coefficient (Wildman–Crippen LogP) is 5.16. The van der Waals surface area contributed by atoms with Crippen molar-refractivity contribution in [3.05, 3.63) is 28.5 Å². The first kappa shape index (κ1) is 29.1. The summed E-state index contributed by atoms with van der Waals surface area (Å²) in [4.78, 5) is 36.2. The topological polar surface area (TPSA) is 107 Å². The number of aromatic nitrogens is 2. The molecule has 39 heavy (non-hydrogen) atoms. The van der Waals surface area contributed by atoms with Gasteiger partial charge in [-0.1, -0.05) is 6.92 Å². The van der Waals surface area contributed by atoms with Crippen molar-refractivity contribution in [3.63, 3.8) is 0 Å². The highest BCUT2D eigenvalue weighted by molar-refractivity contribution is 7.17. The fourth-order valence-electron chi connectivity index (χ4n) is 4.97. The van der Waals surface area contributed by atoms with E-state index in [2.05, 4.69) is 20.6 Å². The number of hydrogen-bond acceptors (Lipinski definition) is 7. The Kier molecular flexibility index (Phi) is 8.74. The van der Waals surface area contributed by atoms with Gasteiger partial charge in [0.25, 0.3) is 18.2 Å². The van der Waals surface area contributed by atoms with Crippen LogP contribution >= 0.6 is 11.3 Å². The number of carbonyl (C=O) groups is 2. The van der Waals surface area contributed by atoms with E-state index in [4.69, 9.17) is 0 Å². The molecule has 214 valence electrons. The molecular formula is C25H30F5N5O3S. The number of pyridine rings is 1. The number of halogens is 5. The SMILES string of the molecule is CC[C@H](Nc1cc(C(F)F)c(-c2sc(C(=O)N[C@@H]3CCC[C@@H]3O)nc2C(=O)N2CCC[C@@H]2C)cn1)C(F)(F)F. The summed E-state index contributed by atoms with van der Waals surface area (Å²) < 4.78 is 68.2. The van der Waals surface area contributed by atoms with Gasteiger partial charge in [0.2, 0.25) is 0 Å². The third-order valence-electron chi connectivity index (χ3n) is 7.17. The zero-order valence-corrected chi connectivity index (χ0v) is 22.2. The average Bonchev–Trinajstić information content (AvgIpc) is 3.61. The number of nitrogens with zero attached hydrogens (tertiary/aromatic N) is 3. The quantitative estimate of drug-likeness (QED) is 0.376. The van der Waals surface area contributed by atoms with Crippen molar-refractivity contribution in [2.24, 2.45) is 0 Å². The van der Waals surface area contributed by atoms with Gasteiger partial charge < -0.3 is 20.6 Å². The van der Waals surface area contributed by atoms with Gasteiger partial charge in [-0.25, -0.2) is 18.7 Å². The Morgan fingerprint density at radius 3 is 2.54 bits per heavy atom. The standard InChI is InChI=1S/C25H30F5N5O3S/c1-3-17(25(28,29)30)33-18-10-13(21(26)27)14(11-31-18)20-19(24(38)35-9-5-6-12(35)2)34-23(39-20)22(37)32-15-7-4-8-16(15)36/h10-12,15-17,21,36H,3-9H2,1-2H3,(H,31,33)(H,32,37)/t12-,15+,16-,17-/m0/s1. The van der Waals surface area contributed by atoms with Gasteiger partial charge in [-0.3, -0.25) is 9.59 Å². The fraction of sp³-hybridized carbons (Fsp3) is 0.600. The Balaban J connectivity index is 1.74. The van der Waals surface area contributed by atoms with E-state index in [-0.39, 0.29) is 33.6 Å². The van der Waals surface area contributed by atoms with Gasteiger partial charge in [-0.05, 0) is 51.5 Å². The third-order valence-corrected chi connectivity index (χ3v) is 8.26. The maximum atomic E-state index is 14.2. The van der Waals surface area contributed by atoms with Crippen LogP contribution in [0.3, 0.4) is 0 Å². The largest absolute Gasteiger partial charge is 0.408 e. The first-order chi connectivity index (χ1) is 18.4. The van der Waals surface area contributed by atoms with E-state index in [0.29, 0.717) is 19.4 Å². The summed E-state index contributed by atoms with van der Waals surface area (Å²) in [5.41, 5.74) is -1.03. The summed E-state index contributed by atoms with van der Waals surface area (Å²) in [5, 5.41) is 14.8. The van der Waals surface area contributed by atoms with Gasteiger partial charge in [-0.15, -0.1) is 11.3 Å². The minimum absolute atomic E-state index is 0.0200. The van der Waals surface area contributed by atoms with Gasteiger partial charge in [0, 0.05) is 29.9 Å². The number of amides is 2. The zero-order chi connectivity index (χ0) is 28.5. The number of thiazole rings is 1. The van der Waals surface area contributed by atoms with E-state index in [0.717, 1.165) is 42.9 Å².